The van der Waals surface area contributed by atoms with Gasteiger partial charge in [0.05, 0.1) is 0 Å². The average molecular weight is 235 g/mol. The van der Waals surface area contributed by atoms with Crippen LogP contribution in [0.5, 0.6) is 0 Å². The molecule has 0 fully saturated rings. The minimum Gasteiger partial charge on any atom is -0.330 e. The second kappa shape index (κ2) is 5.80. The Balaban J connectivity index is 0.000000845. The summed E-state index contributed by atoms with van der Waals surface area (Å²) in [5.41, 5.74) is 6.31. The highest BCUT2D eigenvalue weighted by Crippen LogP contribution is 2.02. The maximum atomic E-state index is 5.43. The van der Waals surface area contributed by atoms with Crippen molar-refractivity contribution in [2.75, 3.05) is 6.54 Å². The molecular formula is C8H12Cl2N4. The van der Waals surface area contributed by atoms with Crippen molar-refractivity contribution in [1.29, 1.82) is 0 Å². The number of hydrogen-bond acceptors (Lipinski definition) is 3. The predicted molar refractivity (Wildman–Crippen MR) is 60.2 cm³/mol. The van der Waals surface area contributed by atoms with E-state index in [0.29, 0.717) is 6.54 Å². The predicted octanol–water partition coefficient (Wildman–Crippen LogP) is 1.07. The highest BCUT2D eigenvalue weighted by Gasteiger charge is 2.01. The van der Waals surface area contributed by atoms with Crippen molar-refractivity contribution >= 4 is 30.5 Å². The molecule has 0 atom stereocenters. The molecule has 2 N–H and O–H groups in total. The van der Waals surface area contributed by atoms with E-state index in [-0.39, 0.29) is 24.8 Å². The largest absolute Gasteiger partial charge is 0.330 e. The van der Waals surface area contributed by atoms with E-state index in [1.807, 2.05) is 28.8 Å². The van der Waals surface area contributed by atoms with Gasteiger partial charge in [-0.05, 0) is 18.7 Å². The van der Waals surface area contributed by atoms with Crippen LogP contribution in [0, 0.1) is 0 Å². The molecule has 78 valence electrons. The molecule has 0 radical (unpaired) electrons. The van der Waals surface area contributed by atoms with Gasteiger partial charge in [0.25, 0.3) is 0 Å². The summed E-state index contributed by atoms with van der Waals surface area (Å²) in [5, 5.41) is 8.01. The van der Waals surface area contributed by atoms with Crippen molar-refractivity contribution < 1.29 is 0 Å². The first kappa shape index (κ1) is 13.2. The van der Waals surface area contributed by atoms with Crippen molar-refractivity contribution in [1.82, 2.24) is 14.6 Å². The number of hydrogen-bond donors (Lipinski definition) is 1. The second-order valence-corrected chi connectivity index (χ2v) is 2.58. The van der Waals surface area contributed by atoms with Crippen LogP contribution in [-0.4, -0.2) is 21.1 Å². The molecule has 0 spiro atoms. The molecule has 2 aromatic heterocycles. The Morgan fingerprint density at radius 2 is 2.00 bits per heavy atom. The third-order valence-electron chi connectivity index (χ3n) is 1.75. The lowest BCUT2D eigenvalue weighted by Gasteiger charge is -1.94. The van der Waals surface area contributed by atoms with E-state index in [1.54, 1.807) is 0 Å². The maximum absolute atomic E-state index is 5.43. The SMILES string of the molecule is Cl.Cl.NCCc1nnc2ccccn12. The summed E-state index contributed by atoms with van der Waals surface area (Å²) in [4.78, 5) is 0. The Hall–Kier alpha value is -0.840. The zero-order chi connectivity index (χ0) is 8.39. The third kappa shape index (κ3) is 2.35. The van der Waals surface area contributed by atoms with E-state index < -0.39 is 0 Å². The fourth-order valence-corrected chi connectivity index (χ4v) is 1.19. The third-order valence-corrected chi connectivity index (χ3v) is 1.75. The summed E-state index contributed by atoms with van der Waals surface area (Å²) in [6, 6.07) is 5.82. The van der Waals surface area contributed by atoms with Crippen molar-refractivity contribution in [3.8, 4) is 0 Å². The highest BCUT2D eigenvalue weighted by molar-refractivity contribution is 5.85. The molecule has 2 heterocycles. The van der Waals surface area contributed by atoms with E-state index >= 15 is 0 Å². The normalized spacial score (nSPS) is 9.21. The van der Waals surface area contributed by atoms with Crippen LogP contribution in [-0.2, 0) is 6.42 Å². The van der Waals surface area contributed by atoms with Gasteiger partial charge in [-0.15, -0.1) is 35.0 Å². The van der Waals surface area contributed by atoms with E-state index in [9.17, 15) is 0 Å². The number of nitrogens with two attached hydrogens (primary N) is 1. The molecule has 0 aliphatic rings. The summed E-state index contributed by atoms with van der Waals surface area (Å²) in [6.07, 6.45) is 2.71. The summed E-state index contributed by atoms with van der Waals surface area (Å²) in [5.74, 6) is 0.924. The smallest absolute Gasteiger partial charge is 0.160 e. The Morgan fingerprint density at radius 3 is 2.71 bits per heavy atom. The van der Waals surface area contributed by atoms with Gasteiger partial charge in [0.15, 0.2) is 5.65 Å². The minimum absolute atomic E-state index is 0. The van der Waals surface area contributed by atoms with Crippen LogP contribution in [0.3, 0.4) is 0 Å². The van der Waals surface area contributed by atoms with Gasteiger partial charge in [-0.1, -0.05) is 6.07 Å². The molecule has 0 aliphatic carbocycles. The molecule has 14 heavy (non-hydrogen) atoms. The van der Waals surface area contributed by atoms with Crippen LogP contribution >= 0.6 is 24.8 Å². The molecule has 0 aliphatic heterocycles. The van der Waals surface area contributed by atoms with Gasteiger partial charge >= 0.3 is 0 Å². The van der Waals surface area contributed by atoms with E-state index in [0.717, 1.165) is 17.9 Å². The summed E-state index contributed by atoms with van der Waals surface area (Å²) >= 11 is 0. The topological polar surface area (TPSA) is 56.2 Å². The number of aromatic nitrogens is 3. The molecule has 0 bridgehead atoms. The van der Waals surface area contributed by atoms with Gasteiger partial charge < -0.3 is 5.73 Å². The summed E-state index contributed by atoms with van der Waals surface area (Å²) in [6.45, 7) is 0.607. The number of halogens is 2. The zero-order valence-electron chi connectivity index (χ0n) is 7.46. The molecule has 2 aromatic rings. The Labute approximate surface area is 94.3 Å². The lowest BCUT2D eigenvalue weighted by molar-refractivity contribution is 0.848. The van der Waals surface area contributed by atoms with Crippen molar-refractivity contribution in [2.24, 2.45) is 5.73 Å². The first-order chi connectivity index (χ1) is 5.92. The molecule has 4 nitrogen and oxygen atoms in total. The Kier molecular flexibility index (Phi) is 5.45. The number of pyridine rings is 1. The monoisotopic (exact) mass is 234 g/mol. The van der Waals surface area contributed by atoms with E-state index in [2.05, 4.69) is 10.2 Å². The standard InChI is InChI=1S/C8H10N4.2ClH/c9-5-4-8-11-10-7-3-1-2-6-12(7)8;;/h1-3,6H,4-5,9H2;2*1H. The van der Waals surface area contributed by atoms with Gasteiger partial charge in [-0.3, -0.25) is 4.40 Å². The molecule has 2 rings (SSSR count). The van der Waals surface area contributed by atoms with Crippen LogP contribution < -0.4 is 5.73 Å². The molecule has 0 amide bonds. The minimum atomic E-state index is 0. The van der Waals surface area contributed by atoms with Crippen molar-refractivity contribution in [3.63, 3.8) is 0 Å². The zero-order valence-corrected chi connectivity index (χ0v) is 9.09. The first-order valence-electron chi connectivity index (χ1n) is 3.90. The van der Waals surface area contributed by atoms with Crippen LogP contribution in [0.2, 0.25) is 0 Å². The van der Waals surface area contributed by atoms with Gasteiger partial charge in [0.2, 0.25) is 0 Å². The van der Waals surface area contributed by atoms with Gasteiger partial charge in [0, 0.05) is 12.6 Å². The lowest BCUT2D eigenvalue weighted by atomic mass is 10.4. The van der Waals surface area contributed by atoms with Crippen LogP contribution in [0.4, 0.5) is 0 Å². The number of nitrogens with zero attached hydrogens (tertiary/aromatic N) is 3. The van der Waals surface area contributed by atoms with Gasteiger partial charge in [-0.25, -0.2) is 0 Å². The first-order valence-corrected chi connectivity index (χ1v) is 3.90. The van der Waals surface area contributed by atoms with Crippen molar-refractivity contribution in [3.05, 3.63) is 30.2 Å². The molecular weight excluding hydrogens is 223 g/mol. The van der Waals surface area contributed by atoms with Crippen molar-refractivity contribution in [2.45, 2.75) is 6.42 Å². The summed E-state index contributed by atoms with van der Waals surface area (Å²) < 4.78 is 1.95. The molecule has 6 heteroatoms. The average Bonchev–Trinajstić information content (AvgIpc) is 2.50. The number of fused-ring (bicyclic) bond motifs is 1. The van der Waals surface area contributed by atoms with Gasteiger partial charge in [-0.2, -0.15) is 0 Å². The van der Waals surface area contributed by atoms with E-state index in [4.69, 9.17) is 5.73 Å². The number of rotatable bonds is 2. The fraction of sp³-hybridized carbons (Fsp3) is 0.250. The highest BCUT2D eigenvalue weighted by atomic mass is 35.5. The quantitative estimate of drug-likeness (QED) is 0.847. The fourth-order valence-electron chi connectivity index (χ4n) is 1.19. The second-order valence-electron chi connectivity index (χ2n) is 2.58. The van der Waals surface area contributed by atoms with E-state index in [1.165, 1.54) is 0 Å². The lowest BCUT2D eigenvalue weighted by Crippen LogP contribution is -2.05. The maximum Gasteiger partial charge on any atom is 0.160 e. The molecule has 0 unspecified atom stereocenters. The Bertz CT molecular complexity index is 387. The van der Waals surface area contributed by atoms with Crippen LogP contribution in [0.1, 0.15) is 5.82 Å². The molecule has 0 saturated heterocycles. The van der Waals surface area contributed by atoms with Gasteiger partial charge in [0.1, 0.15) is 5.82 Å². The molecule has 0 saturated carbocycles. The molecule has 0 aromatic carbocycles. The summed E-state index contributed by atoms with van der Waals surface area (Å²) in [7, 11) is 0. The van der Waals surface area contributed by atoms with Crippen LogP contribution in [0.15, 0.2) is 24.4 Å². The van der Waals surface area contributed by atoms with Crippen LogP contribution in [0.25, 0.3) is 5.65 Å². The Morgan fingerprint density at radius 1 is 1.21 bits per heavy atom.